The van der Waals surface area contributed by atoms with Gasteiger partial charge in [-0.05, 0) is 44.4 Å². The summed E-state index contributed by atoms with van der Waals surface area (Å²) in [5.74, 6) is -0.761. The third-order valence-electron chi connectivity index (χ3n) is 4.88. The molecule has 2 heterocycles. The molecular formula is C20H25FN4O3. The van der Waals surface area contributed by atoms with E-state index in [9.17, 15) is 14.0 Å². The number of hydrogen-bond donors (Lipinski definition) is 2. The van der Waals surface area contributed by atoms with Crippen molar-refractivity contribution >= 4 is 17.5 Å². The zero-order valence-electron chi connectivity index (χ0n) is 16.1. The van der Waals surface area contributed by atoms with Crippen molar-refractivity contribution in [2.75, 3.05) is 18.5 Å². The maximum atomic E-state index is 13.1. The Bertz CT molecular complexity index is 826. The molecule has 1 saturated heterocycles. The van der Waals surface area contributed by atoms with Crippen LogP contribution in [0.1, 0.15) is 32.3 Å². The first kappa shape index (κ1) is 20.0. The normalized spacial score (nSPS) is 16.8. The molecule has 0 bridgehead atoms. The molecular weight excluding hydrogens is 363 g/mol. The SMILES string of the molecule is CC(C)(C(=O)Nc1cnn(CC(=O)NCC2CCCO2)c1)c1ccc(F)cc1. The zero-order valence-corrected chi connectivity index (χ0v) is 16.1. The summed E-state index contributed by atoms with van der Waals surface area (Å²) >= 11 is 0. The van der Waals surface area contributed by atoms with Crippen LogP contribution in [-0.2, 0) is 26.3 Å². The molecule has 28 heavy (non-hydrogen) atoms. The molecule has 0 saturated carbocycles. The molecule has 2 amide bonds. The molecule has 1 aromatic carbocycles. The molecule has 3 rings (SSSR count). The van der Waals surface area contributed by atoms with Gasteiger partial charge in [0.2, 0.25) is 11.8 Å². The van der Waals surface area contributed by atoms with Gasteiger partial charge in [0.25, 0.3) is 0 Å². The van der Waals surface area contributed by atoms with E-state index in [0.717, 1.165) is 19.4 Å². The van der Waals surface area contributed by atoms with Gasteiger partial charge in [-0.25, -0.2) is 4.39 Å². The van der Waals surface area contributed by atoms with E-state index in [1.807, 2.05) is 0 Å². The summed E-state index contributed by atoms with van der Waals surface area (Å²) in [4.78, 5) is 24.7. The van der Waals surface area contributed by atoms with Crippen LogP contribution in [0.25, 0.3) is 0 Å². The Labute approximate surface area is 163 Å². The van der Waals surface area contributed by atoms with E-state index in [1.54, 1.807) is 32.2 Å². The van der Waals surface area contributed by atoms with Crippen molar-refractivity contribution in [1.82, 2.24) is 15.1 Å². The Kier molecular flexibility index (Phi) is 6.08. The highest BCUT2D eigenvalue weighted by Crippen LogP contribution is 2.25. The molecule has 1 aliphatic rings. The highest BCUT2D eigenvalue weighted by Gasteiger charge is 2.30. The van der Waals surface area contributed by atoms with Gasteiger partial charge in [0.15, 0.2) is 0 Å². The fourth-order valence-electron chi connectivity index (χ4n) is 3.04. The van der Waals surface area contributed by atoms with Crippen LogP contribution in [-0.4, -0.2) is 40.9 Å². The van der Waals surface area contributed by atoms with E-state index in [2.05, 4.69) is 15.7 Å². The average molecular weight is 388 g/mol. The molecule has 1 atom stereocenters. The summed E-state index contributed by atoms with van der Waals surface area (Å²) in [7, 11) is 0. The first-order valence-corrected chi connectivity index (χ1v) is 9.33. The highest BCUT2D eigenvalue weighted by atomic mass is 19.1. The van der Waals surface area contributed by atoms with Crippen LogP contribution in [0.4, 0.5) is 10.1 Å². The van der Waals surface area contributed by atoms with Crippen molar-refractivity contribution in [3.05, 3.63) is 48.0 Å². The van der Waals surface area contributed by atoms with Crippen LogP contribution in [0.3, 0.4) is 0 Å². The zero-order chi connectivity index (χ0) is 20.1. The number of benzene rings is 1. The second kappa shape index (κ2) is 8.52. The predicted octanol–water partition coefficient (Wildman–Crippen LogP) is 2.23. The minimum absolute atomic E-state index is 0.0595. The van der Waals surface area contributed by atoms with Crippen molar-refractivity contribution in [3.63, 3.8) is 0 Å². The monoisotopic (exact) mass is 388 g/mol. The van der Waals surface area contributed by atoms with Gasteiger partial charge >= 0.3 is 0 Å². The minimum atomic E-state index is -0.853. The van der Waals surface area contributed by atoms with Crippen LogP contribution >= 0.6 is 0 Å². The van der Waals surface area contributed by atoms with Crippen LogP contribution in [0.15, 0.2) is 36.7 Å². The fraction of sp³-hybridized carbons (Fsp3) is 0.450. The standard InChI is InChI=1S/C20H25FN4O3/c1-20(2,14-5-7-15(21)8-6-14)19(27)24-16-10-23-25(12-16)13-18(26)22-11-17-4-3-9-28-17/h5-8,10,12,17H,3-4,9,11,13H2,1-2H3,(H,22,26)(H,24,27). The molecule has 0 spiro atoms. The number of aromatic nitrogens is 2. The molecule has 2 aromatic rings. The molecule has 7 nitrogen and oxygen atoms in total. The van der Waals surface area contributed by atoms with Gasteiger partial charge in [0.05, 0.1) is 23.4 Å². The van der Waals surface area contributed by atoms with Crippen LogP contribution in [0.2, 0.25) is 0 Å². The maximum Gasteiger partial charge on any atom is 0.241 e. The van der Waals surface area contributed by atoms with Crippen molar-refractivity contribution in [2.45, 2.75) is 44.8 Å². The minimum Gasteiger partial charge on any atom is -0.376 e. The number of amides is 2. The van der Waals surface area contributed by atoms with E-state index in [0.29, 0.717) is 17.8 Å². The Morgan fingerprint density at radius 3 is 2.75 bits per heavy atom. The van der Waals surface area contributed by atoms with Gasteiger partial charge in [-0.15, -0.1) is 0 Å². The number of carbonyl (C=O) groups is 2. The van der Waals surface area contributed by atoms with Crippen LogP contribution < -0.4 is 10.6 Å². The van der Waals surface area contributed by atoms with Crippen LogP contribution in [0.5, 0.6) is 0 Å². The summed E-state index contributed by atoms with van der Waals surface area (Å²) in [6, 6.07) is 5.85. The summed E-state index contributed by atoms with van der Waals surface area (Å²) in [5, 5.41) is 9.74. The molecule has 2 N–H and O–H groups in total. The van der Waals surface area contributed by atoms with E-state index in [1.165, 1.54) is 23.0 Å². The number of halogens is 1. The maximum absolute atomic E-state index is 13.1. The molecule has 1 aliphatic heterocycles. The summed E-state index contributed by atoms with van der Waals surface area (Å²) in [5.41, 5.74) is 0.341. The van der Waals surface area contributed by atoms with E-state index in [-0.39, 0.29) is 30.3 Å². The van der Waals surface area contributed by atoms with Crippen molar-refractivity contribution in [3.8, 4) is 0 Å². The Balaban J connectivity index is 1.53. The van der Waals surface area contributed by atoms with Gasteiger partial charge in [0, 0.05) is 19.3 Å². The number of anilines is 1. The van der Waals surface area contributed by atoms with Crippen molar-refractivity contribution in [1.29, 1.82) is 0 Å². The fourth-order valence-corrected chi connectivity index (χ4v) is 3.04. The molecule has 1 unspecified atom stereocenters. The van der Waals surface area contributed by atoms with E-state index >= 15 is 0 Å². The Morgan fingerprint density at radius 1 is 1.32 bits per heavy atom. The molecule has 1 aromatic heterocycles. The molecule has 150 valence electrons. The molecule has 8 heteroatoms. The number of nitrogens with one attached hydrogen (secondary N) is 2. The number of ether oxygens (including phenoxy) is 1. The quantitative estimate of drug-likeness (QED) is 0.762. The Hall–Kier alpha value is -2.74. The lowest BCUT2D eigenvalue weighted by atomic mass is 9.83. The second-order valence-electron chi connectivity index (χ2n) is 7.45. The predicted molar refractivity (Wildman–Crippen MR) is 102 cm³/mol. The van der Waals surface area contributed by atoms with Gasteiger partial charge in [0.1, 0.15) is 12.4 Å². The van der Waals surface area contributed by atoms with Gasteiger partial charge < -0.3 is 15.4 Å². The summed E-state index contributed by atoms with van der Waals surface area (Å²) < 4.78 is 20.1. The largest absolute Gasteiger partial charge is 0.376 e. The third-order valence-corrected chi connectivity index (χ3v) is 4.88. The topological polar surface area (TPSA) is 85.2 Å². The Morgan fingerprint density at radius 2 is 2.07 bits per heavy atom. The van der Waals surface area contributed by atoms with Crippen molar-refractivity contribution < 1.29 is 18.7 Å². The number of hydrogen-bond acceptors (Lipinski definition) is 4. The van der Waals surface area contributed by atoms with E-state index < -0.39 is 5.41 Å². The van der Waals surface area contributed by atoms with E-state index in [4.69, 9.17) is 4.74 Å². The number of carbonyl (C=O) groups excluding carboxylic acids is 2. The molecule has 0 aliphatic carbocycles. The van der Waals surface area contributed by atoms with Gasteiger partial charge in [-0.3, -0.25) is 14.3 Å². The molecule has 0 radical (unpaired) electrons. The van der Waals surface area contributed by atoms with Gasteiger partial charge in [-0.1, -0.05) is 12.1 Å². The first-order chi connectivity index (χ1) is 13.3. The second-order valence-corrected chi connectivity index (χ2v) is 7.45. The lowest BCUT2D eigenvalue weighted by Crippen LogP contribution is -2.34. The first-order valence-electron chi connectivity index (χ1n) is 9.33. The molecule has 1 fully saturated rings. The third kappa shape index (κ3) is 4.95. The average Bonchev–Trinajstić information content (AvgIpc) is 3.32. The smallest absolute Gasteiger partial charge is 0.241 e. The lowest BCUT2D eigenvalue weighted by molar-refractivity contribution is -0.122. The number of nitrogens with zero attached hydrogens (tertiary/aromatic N) is 2. The summed E-state index contributed by atoms with van der Waals surface area (Å²) in [6.07, 6.45) is 5.17. The highest BCUT2D eigenvalue weighted by molar-refractivity contribution is 5.98. The number of rotatable bonds is 7. The van der Waals surface area contributed by atoms with Crippen molar-refractivity contribution in [2.24, 2.45) is 0 Å². The van der Waals surface area contributed by atoms with Crippen LogP contribution in [0, 0.1) is 5.82 Å². The summed E-state index contributed by atoms with van der Waals surface area (Å²) in [6.45, 7) is 4.83. The lowest BCUT2D eigenvalue weighted by Gasteiger charge is -2.23. The van der Waals surface area contributed by atoms with Gasteiger partial charge in [-0.2, -0.15) is 5.10 Å².